The van der Waals surface area contributed by atoms with E-state index in [9.17, 15) is 4.79 Å². The van der Waals surface area contributed by atoms with Gasteiger partial charge in [0.1, 0.15) is 9.88 Å². The third-order valence-electron chi connectivity index (χ3n) is 4.11. The Bertz CT molecular complexity index is 877. The average molecular weight is 356 g/mol. The number of aromatic nitrogens is 2. The van der Waals surface area contributed by atoms with Gasteiger partial charge in [0, 0.05) is 35.4 Å². The van der Waals surface area contributed by atoms with Crippen molar-refractivity contribution in [2.75, 3.05) is 6.54 Å². The first kappa shape index (κ1) is 15.3. The number of fused-ring (bicyclic) bond motifs is 1. The van der Waals surface area contributed by atoms with Gasteiger partial charge in [0.05, 0.1) is 5.69 Å². The number of amides is 1. The molecule has 1 aromatic carbocycles. The summed E-state index contributed by atoms with van der Waals surface area (Å²) in [5, 5.41) is 4.52. The van der Waals surface area contributed by atoms with Gasteiger partial charge in [-0.2, -0.15) is 0 Å². The molecule has 4 rings (SSSR count). The van der Waals surface area contributed by atoms with Crippen molar-refractivity contribution in [1.29, 1.82) is 0 Å². The summed E-state index contributed by atoms with van der Waals surface area (Å²) in [5.74, 6) is 0.0438. The number of nitrogens with zero attached hydrogens (tertiary/aromatic N) is 2. The Morgan fingerprint density at radius 3 is 2.62 bits per heavy atom. The van der Waals surface area contributed by atoms with E-state index >= 15 is 0 Å². The average Bonchev–Trinajstić information content (AvgIpc) is 2.99. The van der Waals surface area contributed by atoms with Crippen LogP contribution < -0.4 is 5.32 Å². The van der Waals surface area contributed by atoms with Gasteiger partial charge in [-0.1, -0.05) is 23.7 Å². The van der Waals surface area contributed by atoms with Crippen molar-refractivity contribution < 1.29 is 4.79 Å². The third-order valence-corrected chi connectivity index (χ3v) is 5.48. The Kier molecular flexibility index (Phi) is 4.04. The van der Waals surface area contributed by atoms with Gasteiger partial charge in [-0.05, 0) is 36.2 Å². The van der Waals surface area contributed by atoms with Crippen molar-refractivity contribution in [3.05, 3.63) is 69.9 Å². The maximum atomic E-state index is 12.4. The molecule has 1 unspecified atom stereocenters. The first-order valence-corrected chi connectivity index (χ1v) is 8.86. The lowest BCUT2D eigenvalue weighted by Gasteiger charge is -2.13. The number of halogens is 1. The van der Waals surface area contributed by atoms with Gasteiger partial charge in [-0.3, -0.25) is 9.78 Å². The normalized spacial score (nSPS) is 17.0. The van der Waals surface area contributed by atoms with E-state index in [1.807, 2.05) is 36.4 Å². The molecule has 0 aliphatic carbocycles. The summed E-state index contributed by atoms with van der Waals surface area (Å²) in [7, 11) is 0. The molecule has 24 heavy (non-hydrogen) atoms. The number of thiazole rings is 1. The fourth-order valence-corrected chi connectivity index (χ4v) is 4.09. The SMILES string of the molecule is O=C1NCCC(c2ccc(Cl)cc2)c2nc(-c3ccncc3)sc21. The van der Waals surface area contributed by atoms with Crippen LogP contribution in [-0.4, -0.2) is 22.4 Å². The lowest BCUT2D eigenvalue weighted by atomic mass is 9.92. The summed E-state index contributed by atoms with van der Waals surface area (Å²) < 4.78 is 0. The molecular formula is C18H14ClN3OS. The molecule has 1 aliphatic rings. The summed E-state index contributed by atoms with van der Waals surface area (Å²) in [6.45, 7) is 0.639. The molecule has 2 aromatic heterocycles. The van der Waals surface area contributed by atoms with Crippen molar-refractivity contribution in [2.24, 2.45) is 0 Å². The summed E-state index contributed by atoms with van der Waals surface area (Å²) in [4.78, 5) is 21.9. The predicted molar refractivity (Wildman–Crippen MR) is 95.6 cm³/mol. The van der Waals surface area contributed by atoms with Crippen LogP contribution in [0.25, 0.3) is 10.6 Å². The number of nitrogens with one attached hydrogen (secondary N) is 1. The maximum absolute atomic E-state index is 12.4. The Labute approximate surface area is 148 Å². The summed E-state index contributed by atoms with van der Waals surface area (Å²) >= 11 is 7.44. The zero-order chi connectivity index (χ0) is 16.5. The molecule has 6 heteroatoms. The lowest BCUT2D eigenvalue weighted by molar-refractivity contribution is 0.0960. The number of rotatable bonds is 2. The Hall–Kier alpha value is -2.24. The van der Waals surface area contributed by atoms with E-state index in [4.69, 9.17) is 16.6 Å². The topological polar surface area (TPSA) is 54.9 Å². The van der Waals surface area contributed by atoms with E-state index in [2.05, 4.69) is 10.3 Å². The second-order valence-electron chi connectivity index (χ2n) is 5.62. The highest BCUT2D eigenvalue weighted by Gasteiger charge is 2.29. The first-order valence-electron chi connectivity index (χ1n) is 7.67. The molecule has 1 atom stereocenters. The van der Waals surface area contributed by atoms with Crippen LogP contribution in [-0.2, 0) is 0 Å². The monoisotopic (exact) mass is 355 g/mol. The number of benzene rings is 1. The fraction of sp³-hybridized carbons (Fsp3) is 0.167. The predicted octanol–water partition coefficient (Wildman–Crippen LogP) is 4.12. The fourth-order valence-electron chi connectivity index (χ4n) is 2.92. The number of carbonyl (C=O) groups excluding carboxylic acids is 1. The minimum atomic E-state index is -0.0423. The Morgan fingerprint density at radius 1 is 1.12 bits per heavy atom. The molecule has 1 aliphatic heterocycles. The molecule has 0 fully saturated rings. The highest BCUT2D eigenvalue weighted by molar-refractivity contribution is 7.17. The van der Waals surface area contributed by atoms with Crippen molar-refractivity contribution in [3.8, 4) is 10.6 Å². The quantitative estimate of drug-likeness (QED) is 0.752. The Morgan fingerprint density at radius 2 is 1.88 bits per heavy atom. The van der Waals surface area contributed by atoms with Crippen LogP contribution in [0, 0.1) is 0 Å². The van der Waals surface area contributed by atoms with E-state index < -0.39 is 0 Å². The second-order valence-corrected chi connectivity index (χ2v) is 7.05. The standard InChI is InChI=1S/C18H14ClN3OS/c19-13-3-1-11(2-4-13)14-7-10-21-17(23)16-15(14)22-18(24-16)12-5-8-20-9-6-12/h1-6,8-9,14H,7,10H2,(H,21,23). The number of hydrogen-bond donors (Lipinski definition) is 1. The largest absolute Gasteiger partial charge is 0.351 e. The molecule has 3 heterocycles. The van der Waals surface area contributed by atoms with E-state index in [0.717, 1.165) is 28.2 Å². The molecule has 0 radical (unpaired) electrons. The molecule has 120 valence electrons. The number of carbonyl (C=O) groups is 1. The molecule has 0 bridgehead atoms. The second kappa shape index (κ2) is 6.34. The van der Waals surface area contributed by atoms with Crippen LogP contribution in [0.15, 0.2) is 48.8 Å². The molecule has 0 spiro atoms. The van der Waals surface area contributed by atoms with Crippen LogP contribution >= 0.6 is 22.9 Å². The van der Waals surface area contributed by atoms with Gasteiger partial charge in [0.15, 0.2) is 0 Å². The van der Waals surface area contributed by atoms with Gasteiger partial charge in [-0.25, -0.2) is 4.98 Å². The van der Waals surface area contributed by atoms with Crippen LogP contribution in [0.4, 0.5) is 0 Å². The van der Waals surface area contributed by atoms with Crippen molar-refractivity contribution in [2.45, 2.75) is 12.3 Å². The van der Waals surface area contributed by atoms with Crippen LogP contribution in [0.5, 0.6) is 0 Å². The summed E-state index contributed by atoms with van der Waals surface area (Å²) in [6, 6.07) is 11.6. The molecular weight excluding hydrogens is 342 g/mol. The molecule has 1 N–H and O–H groups in total. The van der Waals surface area contributed by atoms with E-state index in [-0.39, 0.29) is 11.8 Å². The van der Waals surface area contributed by atoms with Gasteiger partial charge in [0.2, 0.25) is 0 Å². The first-order chi connectivity index (χ1) is 11.7. The smallest absolute Gasteiger partial charge is 0.263 e. The molecule has 1 amide bonds. The summed E-state index contributed by atoms with van der Waals surface area (Å²) in [5.41, 5.74) is 2.96. The minimum absolute atomic E-state index is 0.0423. The van der Waals surface area contributed by atoms with Crippen LogP contribution in [0.3, 0.4) is 0 Å². The number of pyridine rings is 1. The third kappa shape index (κ3) is 2.81. The van der Waals surface area contributed by atoms with Gasteiger partial charge in [0.25, 0.3) is 5.91 Å². The van der Waals surface area contributed by atoms with Gasteiger partial charge < -0.3 is 5.32 Å². The van der Waals surface area contributed by atoms with Crippen LogP contribution in [0.2, 0.25) is 5.02 Å². The van der Waals surface area contributed by atoms with E-state index in [0.29, 0.717) is 16.4 Å². The lowest BCUT2D eigenvalue weighted by Crippen LogP contribution is -2.21. The van der Waals surface area contributed by atoms with E-state index in [1.165, 1.54) is 11.3 Å². The van der Waals surface area contributed by atoms with Crippen LogP contribution in [0.1, 0.15) is 33.3 Å². The minimum Gasteiger partial charge on any atom is -0.351 e. The van der Waals surface area contributed by atoms with Gasteiger partial charge in [-0.15, -0.1) is 11.3 Å². The number of hydrogen-bond acceptors (Lipinski definition) is 4. The molecule has 0 saturated heterocycles. The highest BCUT2D eigenvalue weighted by Crippen LogP contribution is 2.37. The van der Waals surface area contributed by atoms with Gasteiger partial charge >= 0.3 is 0 Å². The van der Waals surface area contributed by atoms with Crippen molar-refractivity contribution >= 4 is 28.8 Å². The van der Waals surface area contributed by atoms with Crippen molar-refractivity contribution in [1.82, 2.24) is 15.3 Å². The highest BCUT2D eigenvalue weighted by atomic mass is 35.5. The molecule has 0 saturated carbocycles. The van der Waals surface area contributed by atoms with Crippen molar-refractivity contribution in [3.63, 3.8) is 0 Å². The molecule has 3 aromatic rings. The molecule has 4 nitrogen and oxygen atoms in total. The maximum Gasteiger partial charge on any atom is 0.263 e. The zero-order valence-electron chi connectivity index (χ0n) is 12.7. The summed E-state index contributed by atoms with van der Waals surface area (Å²) in [6.07, 6.45) is 4.29. The zero-order valence-corrected chi connectivity index (χ0v) is 14.3. The Balaban J connectivity index is 1.82. The van der Waals surface area contributed by atoms with E-state index in [1.54, 1.807) is 12.4 Å².